The Labute approximate surface area is 105 Å². The van der Waals surface area contributed by atoms with E-state index in [4.69, 9.17) is 16.3 Å². The lowest BCUT2D eigenvalue weighted by atomic mass is 10.1. The summed E-state index contributed by atoms with van der Waals surface area (Å²) in [5.41, 5.74) is 0.612. The second-order valence-electron chi connectivity index (χ2n) is 3.40. The van der Waals surface area contributed by atoms with Gasteiger partial charge >= 0.3 is 0 Å². The third kappa shape index (κ3) is 4.06. The quantitative estimate of drug-likeness (QED) is 0.575. The Bertz CT molecular complexity index is 366. The third-order valence-corrected chi connectivity index (χ3v) is 3.08. The molecule has 16 heavy (non-hydrogen) atoms. The number of ketones is 1. The molecule has 0 saturated heterocycles. The van der Waals surface area contributed by atoms with Crippen molar-refractivity contribution in [1.82, 2.24) is 0 Å². The van der Waals surface area contributed by atoms with Gasteiger partial charge < -0.3 is 4.74 Å². The van der Waals surface area contributed by atoms with E-state index in [9.17, 15) is 4.79 Å². The number of Topliss-reactive ketones (excluding diaryl/α,β-unsaturated/α-hetero) is 1. The summed E-state index contributed by atoms with van der Waals surface area (Å²) in [6.45, 7) is 2.17. The summed E-state index contributed by atoms with van der Waals surface area (Å²) >= 11 is 7.79. The molecule has 0 aliphatic heterocycles. The molecule has 0 aliphatic rings. The Kier molecular flexibility index (Phi) is 5.71. The molecule has 1 aromatic rings. The fourth-order valence-corrected chi connectivity index (χ4v) is 1.86. The number of ether oxygens (including phenoxy) is 1. The number of thioether (sulfide) groups is 1. The van der Waals surface area contributed by atoms with Crippen LogP contribution < -0.4 is 4.74 Å². The first-order valence-electron chi connectivity index (χ1n) is 5.07. The Hall–Kier alpha value is -0.670. The predicted octanol–water partition coefficient (Wildman–Crippen LogP) is 3.67. The van der Waals surface area contributed by atoms with E-state index in [2.05, 4.69) is 6.26 Å². The maximum absolute atomic E-state index is 11.1. The summed E-state index contributed by atoms with van der Waals surface area (Å²) in [6, 6.07) is 5.13. The lowest BCUT2D eigenvalue weighted by Crippen LogP contribution is -2.00. The zero-order valence-electron chi connectivity index (χ0n) is 9.46. The second kappa shape index (κ2) is 6.81. The third-order valence-electron chi connectivity index (χ3n) is 2.09. The minimum absolute atomic E-state index is 0.0100. The van der Waals surface area contributed by atoms with Gasteiger partial charge in [0.1, 0.15) is 5.75 Å². The van der Waals surface area contributed by atoms with Gasteiger partial charge in [0.25, 0.3) is 0 Å². The van der Waals surface area contributed by atoms with Gasteiger partial charge in [0, 0.05) is 5.56 Å². The molecule has 0 atom stereocenters. The van der Waals surface area contributed by atoms with Gasteiger partial charge in [-0.1, -0.05) is 11.6 Å². The summed E-state index contributed by atoms with van der Waals surface area (Å²) < 4.78 is 5.52. The van der Waals surface area contributed by atoms with Crippen molar-refractivity contribution >= 4 is 29.1 Å². The zero-order chi connectivity index (χ0) is 12.0. The van der Waals surface area contributed by atoms with Gasteiger partial charge in [-0.05, 0) is 43.6 Å². The molecule has 0 spiro atoms. The van der Waals surface area contributed by atoms with Crippen LogP contribution in [0.25, 0.3) is 0 Å². The van der Waals surface area contributed by atoms with E-state index in [1.807, 2.05) is 0 Å². The standard InChI is InChI=1S/C12H15ClO2S/c1-9(14)10-4-5-12(11(13)8-10)15-6-3-7-16-2/h4-5,8H,3,6-7H2,1-2H3. The summed E-state index contributed by atoms with van der Waals surface area (Å²) in [7, 11) is 0. The fraction of sp³-hybridized carbons (Fsp3) is 0.417. The molecule has 0 saturated carbocycles. The van der Waals surface area contributed by atoms with Crippen molar-refractivity contribution in [2.75, 3.05) is 18.6 Å². The Balaban J connectivity index is 2.57. The molecular weight excluding hydrogens is 244 g/mol. The highest BCUT2D eigenvalue weighted by molar-refractivity contribution is 7.98. The van der Waals surface area contributed by atoms with Crippen LogP contribution >= 0.6 is 23.4 Å². The summed E-state index contributed by atoms with van der Waals surface area (Å²) in [5, 5.41) is 0.497. The van der Waals surface area contributed by atoms with Crippen LogP contribution in [0.4, 0.5) is 0 Å². The first-order valence-corrected chi connectivity index (χ1v) is 6.84. The van der Waals surface area contributed by atoms with Crippen LogP contribution in [0, 0.1) is 0 Å². The first-order chi connectivity index (χ1) is 7.65. The lowest BCUT2D eigenvalue weighted by molar-refractivity contribution is 0.101. The fourth-order valence-electron chi connectivity index (χ4n) is 1.22. The molecule has 0 N–H and O–H groups in total. The maximum atomic E-state index is 11.1. The summed E-state index contributed by atoms with van der Waals surface area (Å²) in [5.74, 6) is 1.73. The number of halogens is 1. The van der Waals surface area contributed by atoms with Crippen molar-refractivity contribution in [2.45, 2.75) is 13.3 Å². The maximum Gasteiger partial charge on any atom is 0.159 e. The minimum atomic E-state index is 0.0100. The van der Waals surface area contributed by atoms with E-state index in [1.54, 1.807) is 30.0 Å². The topological polar surface area (TPSA) is 26.3 Å². The van der Waals surface area contributed by atoms with Gasteiger partial charge in [0.05, 0.1) is 11.6 Å². The van der Waals surface area contributed by atoms with Gasteiger partial charge in [-0.15, -0.1) is 0 Å². The van der Waals surface area contributed by atoms with E-state index in [0.29, 0.717) is 22.9 Å². The van der Waals surface area contributed by atoms with Gasteiger partial charge in [0.15, 0.2) is 5.78 Å². The van der Waals surface area contributed by atoms with E-state index < -0.39 is 0 Å². The molecule has 0 amide bonds. The molecule has 1 rings (SSSR count). The summed E-state index contributed by atoms with van der Waals surface area (Å²) in [4.78, 5) is 11.1. The van der Waals surface area contributed by atoms with Gasteiger partial charge in [-0.2, -0.15) is 11.8 Å². The Morgan fingerprint density at radius 2 is 2.25 bits per heavy atom. The van der Waals surface area contributed by atoms with E-state index in [1.165, 1.54) is 6.92 Å². The van der Waals surface area contributed by atoms with Crippen LogP contribution in [-0.4, -0.2) is 24.4 Å². The van der Waals surface area contributed by atoms with Crippen molar-refractivity contribution < 1.29 is 9.53 Å². The van der Waals surface area contributed by atoms with E-state index in [-0.39, 0.29) is 5.78 Å². The molecule has 0 fully saturated rings. The normalized spacial score (nSPS) is 10.2. The van der Waals surface area contributed by atoms with E-state index in [0.717, 1.165) is 12.2 Å². The number of hydrogen-bond donors (Lipinski definition) is 0. The van der Waals surface area contributed by atoms with Crippen LogP contribution in [0.3, 0.4) is 0 Å². The number of hydrogen-bond acceptors (Lipinski definition) is 3. The van der Waals surface area contributed by atoms with Crippen LogP contribution in [0.5, 0.6) is 5.75 Å². The zero-order valence-corrected chi connectivity index (χ0v) is 11.0. The average molecular weight is 259 g/mol. The highest BCUT2D eigenvalue weighted by Crippen LogP contribution is 2.25. The van der Waals surface area contributed by atoms with Crippen LogP contribution in [0.1, 0.15) is 23.7 Å². The predicted molar refractivity (Wildman–Crippen MR) is 70.0 cm³/mol. The monoisotopic (exact) mass is 258 g/mol. The van der Waals surface area contributed by atoms with Crippen molar-refractivity contribution in [2.24, 2.45) is 0 Å². The van der Waals surface area contributed by atoms with Crippen LogP contribution in [0.2, 0.25) is 5.02 Å². The van der Waals surface area contributed by atoms with Crippen LogP contribution in [-0.2, 0) is 0 Å². The number of benzene rings is 1. The van der Waals surface area contributed by atoms with Gasteiger partial charge in [-0.3, -0.25) is 4.79 Å². The van der Waals surface area contributed by atoms with Crippen LogP contribution in [0.15, 0.2) is 18.2 Å². The van der Waals surface area contributed by atoms with Gasteiger partial charge in [-0.25, -0.2) is 0 Å². The smallest absolute Gasteiger partial charge is 0.159 e. The number of rotatable bonds is 6. The molecule has 2 nitrogen and oxygen atoms in total. The second-order valence-corrected chi connectivity index (χ2v) is 4.79. The molecule has 88 valence electrons. The number of carbonyl (C=O) groups excluding carboxylic acids is 1. The molecule has 0 heterocycles. The molecule has 1 aromatic carbocycles. The SMILES string of the molecule is CSCCCOc1ccc(C(C)=O)cc1Cl. The molecule has 4 heteroatoms. The molecule has 0 radical (unpaired) electrons. The van der Waals surface area contributed by atoms with Crippen molar-refractivity contribution in [3.8, 4) is 5.75 Å². The minimum Gasteiger partial charge on any atom is -0.492 e. The lowest BCUT2D eigenvalue weighted by Gasteiger charge is -2.08. The molecular formula is C12H15ClO2S. The Morgan fingerprint density at radius 1 is 1.50 bits per heavy atom. The summed E-state index contributed by atoms with van der Waals surface area (Å²) in [6.07, 6.45) is 3.06. The largest absolute Gasteiger partial charge is 0.492 e. The first kappa shape index (κ1) is 13.4. The highest BCUT2D eigenvalue weighted by atomic mass is 35.5. The molecule has 0 unspecified atom stereocenters. The van der Waals surface area contributed by atoms with Gasteiger partial charge in [0.2, 0.25) is 0 Å². The Morgan fingerprint density at radius 3 is 2.81 bits per heavy atom. The molecule has 0 bridgehead atoms. The van der Waals surface area contributed by atoms with Crippen molar-refractivity contribution in [3.05, 3.63) is 28.8 Å². The highest BCUT2D eigenvalue weighted by Gasteiger charge is 2.05. The number of carbonyl (C=O) groups is 1. The molecule has 0 aromatic heterocycles. The molecule has 0 aliphatic carbocycles. The average Bonchev–Trinajstić information content (AvgIpc) is 2.26. The van der Waals surface area contributed by atoms with Crippen molar-refractivity contribution in [1.29, 1.82) is 0 Å². The van der Waals surface area contributed by atoms with Crippen molar-refractivity contribution in [3.63, 3.8) is 0 Å². The van der Waals surface area contributed by atoms with E-state index >= 15 is 0 Å².